The summed E-state index contributed by atoms with van der Waals surface area (Å²) >= 11 is 6.29. The second kappa shape index (κ2) is 7.89. The smallest absolute Gasteiger partial charge is 0.311 e. The molecule has 114 valence electrons. The van der Waals surface area contributed by atoms with E-state index in [0.717, 1.165) is 30.5 Å². The molecule has 0 aliphatic heterocycles. The maximum atomic E-state index is 12.4. The van der Waals surface area contributed by atoms with Crippen molar-refractivity contribution in [2.24, 2.45) is 5.92 Å². The summed E-state index contributed by atoms with van der Waals surface area (Å²) in [7, 11) is 0. The molecule has 0 aliphatic carbocycles. The van der Waals surface area contributed by atoms with Crippen LogP contribution >= 0.6 is 11.6 Å². The molecule has 0 spiro atoms. The molecular weight excluding hydrogens is 287 g/mol. The van der Waals surface area contributed by atoms with Crippen molar-refractivity contribution in [2.45, 2.75) is 44.8 Å². The first-order chi connectivity index (χ1) is 9.38. The van der Waals surface area contributed by atoms with Crippen molar-refractivity contribution in [3.63, 3.8) is 0 Å². The molecule has 1 N–H and O–H groups in total. The van der Waals surface area contributed by atoms with E-state index in [9.17, 15) is 13.2 Å². The molecule has 0 saturated carbocycles. The molecule has 1 unspecified atom stereocenters. The second-order valence-electron chi connectivity index (χ2n) is 4.92. The van der Waals surface area contributed by atoms with Gasteiger partial charge in [0.15, 0.2) is 0 Å². The highest BCUT2D eigenvalue weighted by Crippen LogP contribution is 2.29. The third-order valence-corrected chi connectivity index (χ3v) is 4.02. The second-order valence-corrected chi connectivity index (χ2v) is 5.48. The van der Waals surface area contributed by atoms with Crippen LogP contribution < -0.4 is 5.32 Å². The van der Waals surface area contributed by atoms with E-state index >= 15 is 0 Å². The van der Waals surface area contributed by atoms with Crippen molar-refractivity contribution in [1.29, 1.82) is 0 Å². The van der Waals surface area contributed by atoms with Crippen molar-refractivity contribution in [1.82, 2.24) is 5.32 Å². The average molecular weight is 308 g/mol. The van der Waals surface area contributed by atoms with Gasteiger partial charge in [-0.25, -0.2) is 0 Å². The van der Waals surface area contributed by atoms with Gasteiger partial charge >= 0.3 is 6.18 Å². The molecule has 1 rings (SSSR count). The molecule has 1 atom stereocenters. The molecule has 1 aromatic carbocycles. The first kappa shape index (κ1) is 17.3. The van der Waals surface area contributed by atoms with Crippen LogP contribution in [0, 0.1) is 5.92 Å². The molecule has 20 heavy (non-hydrogen) atoms. The number of hydrogen-bond acceptors (Lipinski definition) is 1. The van der Waals surface area contributed by atoms with Crippen molar-refractivity contribution >= 4 is 11.6 Å². The summed E-state index contributed by atoms with van der Waals surface area (Å²) in [5, 5.41) is 3.25. The van der Waals surface area contributed by atoms with Crippen LogP contribution in [0.25, 0.3) is 0 Å². The van der Waals surface area contributed by atoms with Crippen molar-refractivity contribution in [3.8, 4) is 0 Å². The highest BCUT2D eigenvalue weighted by molar-refractivity contribution is 6.21. The van der Waals surface area contributed by atoms with Gasteiger partial charge in [-0.2, -0.15) is 13.2 Å². The maximum absolute atomic E-state index is 12.4. The molecular formula is C15H21ClF3N. The molecule has 0 aliphatic rings. The van der Waals surface area contributed by atoms with Crippen LogP contribution in [-0.2, 0) is 12.7 Å². The minimum absolute atomic E-state index is 0.0550. The van der Waals surface area contributed by atoms with Crippen molar-refractivity contribution < 1.29 is 13.2 Å². The van der Waals surface area contributed by atoms with Gasteiger partial charge in [-0.15, -0.1) is 11.6 Å². The Labute approximate surface area is 123 Å². The molecule has 1 nitrogen and oxygen atoms in total. The first-order valence-corrected chi connectivity index (χ1v) is 7.33. The predicted octanol–water partition coefficient (Wildman–Crippen LogP) is 4.84. The van der Waals surface area contributed by atoms with Gasteiger partial charge in [0, 0.05) is 18.5 Å². The standard InChI is InChI=1S/C15H21ClF3N/c1-3-12(4-2)14(16)10-20-9-11-5-7-13(8-6-11)15(17,18)19/h5-8,12,14,20H,3-4,9-10H2,1-2H3. The summed E-state index contributed by atoms with van der Waals surface area (Å²) in [5.41, 5.74) is 0.208. The summed E-state index contributed by atoms with van der Waals surface area (Å²) in [6.45, 7) is 5.41. The zero-order valence-corrected chi connectivity index (χ0v) is 12.6. The normalized spacial score (nSPS) is 13.8. The fourth-order valence-corrected chi connectivity index (χ4v) is 2.60. The lowest BCUT2D eigenvalue weighted by molar-refractivity contribution is -0.137. The number of halogens is 4. The van der Waals surface area contributed by atoms with Crippen LogP contribution in [0.4, 0.5) is 13.2 Å². The van der Waals surface area contributed by atoms with Crippen LogP contribution in [0.15, 0.2) is 24.3 Å². The number of rotatable bonds is 7. The lowest BCUT2D eigenvalue weighted by Gasteiger charge is -2.19. The molecule has 0 heterocycles. The zero-order chi connectivity index (χ0) is 15.2. The van der Waals surface area contributed by atoms with Gasteiger partial charge in [-0.1, -0.05) is 38.8 Å². The highest BCUT2D eigenvalue weighted by atomic mass is 35.5. The molecule has 0 bridgehead atoms. The number of alkyl halides is 4. The van der Waals surface area contributed by atoms with Gasteiger partial charge in [0.1, 0.15) is 0 Å². The van der Waals surface area contributed by atoms with Gasteiger partial charge in [0.25, 0.3) is 0 Å². The zero-order valence-electron chi connectivity index (χ0n) is 11.8. The fraction of sp³-hybridized carbons (Fsp3) is 0.600. The van der Waals surface area contributed by atoms with Gasteiger partial charge < -0.3 is 5.32 Å². The van der Waals surface area contributed by atoms with E-state index in [4.69, 9.17) is 11.6 Å². The molecule has 0 amide bonds. The third kappa shape index (κ3) is 5.33. The van der Waals surface area contributed by atoms with E-state index in [0.29, 0.717) is 19.0 Å². The number of nitrogens with one attached hydrogen (secondary N) is 1. The summed E-state index contributed by atoms with van der Waals surface area (Å²) in [4.78, 5) is 0. The summed E-state index contributed by atoms with van der Waals surface area (Å²) in [6, 6.07) is 5.21. The van der Waals surface area contributed by atoms with E-state index < -0.39 is 11.7 Å². The Kier molecular flexibility index (Phi) is 6.83. The fourth-order valence-electron chi connectivity index (χ4n) is 2.13. The third-order valence-electron chi connectivity index (χ3n) is 3.51. The topological polar surface area (TPSA) is 12.0 Å². The van der Waals surface area contributed by atoms with E-state index in [1.165, 1.54) is 12.1 Å². The Balaban J connectivity index is 2.43. The molecule has 1 aromatic rings. The van der Waals surface area contributed by atoms with Gasteiger partial charge in [0.2, 0.25) is 0 Å². The van der Waals surface area contributed by atoms with Crippen LogP contribution in [-0.4, -0.2) is 11.9 Å². The van der Waals surface area contributed by atoms with Crippen molar-refractivity contribution in [3.05, 3.63) is 35.4 Å². The Bertz CT molecular complexity index is 385. The summed E-state index contributed by atoms with van der Waals surface area (Å²) in [5.74, 6) is 0.469. The Hall–Kier alpha value is -0.740. The van der Waals surface area contributed by atoms with E-state index in [2.05, 4.69) is 19.2 Å². The van der Waals surface area contributed by atoms with Gasteiger partial charge in [0.05, 0.1) is 5.56 Å². The Morgan fingerprint density at radius 1 is 1.10 bits per heavy atom. The summed E-state index contributed by atoms with van der Waals surface area (Å²) in [6.07, 6.45) is -2.21. The maximum Gasteiger partial charge on any atom is 0.416 e. The minimum atomic E-state index is -4.28. The highest BCUT2D eigenvalue weighted by Gasteiger charge is 2.29. The Morgan fingerprint density at radius 2 is 1.65 bits per heavy atom. The van der Waals surface area contributed by atoms with E-state index in [-0.39, 0.29) is 5.38 Å². The van der Waals surface area contributed by atoms with E-state index in [1.54, 1.807) is 0 Å². The summed E-state index contributed by atoms with van der Waals surface area (Å²) < 4.78 is 37.2. The monoisotopic (exact) mass is 307 g/mol. The molecule has 0 saturated heterocycles. The quantitative estimate of drug-likeness (QED) is 0.711. The van der Waals surface area contributed by atoms with E-state index in [1.807, 2.05) is 0 Å². The molecule has 0 aromatic heterocycles. The van der Waals surface area contributed by atoms with Crippen LogP contribution in [0.1, 0.15) is 37.8 Å². The lowest BCUT2D eigenvalue weighted by atomic mass is 9.99. The molecule has 5 heteroatoms. The van der Waals surface area contributed by atoms with Crippen LogP contribution in [0.5, 0.6) is 0 Å². The average Bonchev–Trinajstić information content (AvgIpc) is 2.39. The SMILES string of the molecule is CCC(CC)C(Cl)CNCc1ccc(C(F)(F)F)cc1. The number of hydrogen-bond donors (Lipinski definition) is 1. The largest absolute Gasteiger partial charge is 0.416 e. The molecule has 0 radical (unpaired) electrons. The number of benzene rings is 1. The van der Waals surface area contributed by atoms with Crippen LogP contribution in [0.2, 0.25) is 0 Å². The van der Waals surface area contributed by atoms with Gasteiger partial charge in [-0.3, -0.25) is 0 Å². The lowest BCUT2D eigenvalue weighted by Crippen LogP contribution is -2.28. The first-order valence-electron chi connectivity index (χ1n) is 6.89. The Morgan fingerprint density at radius 3 is 2.10 bits per heavy atom. The van der Waals surface area contributed by atoms with Crippen LogP contribution in [0.3, 0.4) is 0 Å². The van der Waals surface area contributed by atoms with Crippen molar-refractivity contribution in [2.75, 3.05) is 6.54 Å². The molecule has 0 fully saturated rings. The minimum Gasteiger partial charge on any atom is -0.311 e. The predicted molar refractivity (Wildman–Crippen MR) is 76.9 cm³/mol. The van der Waals surface area contributed by atoms with Gasteiger partial charge in [-0.05, 0) is 23.6 Å².